The van der Waals surface area contributed by atoms with E-state index in [1.54, 1.807) is 5.54 Å². The molecule has 0 radical (unpaired) electrons. The lowest BCUT2D eigenvalue weighted by Gasteiger charge is -2.32. The lowest BCUT2D eigenvalue weighted by Crippen LogP contribution is -2.41. The van der Waals surface area contributed by atoms with Crippen LogP contribution in [0.5, 0.6) is 0 Å². The van der Waals surface area contributed by atoms with Gasteiger partial charge in [-0.3, -0.25) is 9.69 Å². The molecule has 2 rings (SSSR count). The highest BCUT2D eigenvalue weighted by molar-refractivity contribution is 6.25. The molecule has 0 bridgehead atoms. The fourth-order valence-electron chi connectivity index (χ4n) is 2.75. The first kappa shape index (κ1) is 12.9. The van der Waals surface area contributed by atoms with Gasteiger partial charge in [0.1, 0.15) is 0 Å². The van der Waals surface area contributed by atoms with Crippen LogP contribution >= 0.6 is 11.6 Å². The highest BCUT2D eigenvalue weighted by Crippen LogP contribution is 2.21. The molecule has 3 nitrogen and oxygen atoms in total. The number of hydrogen-bond acceptors (Lipinski definition) is 2. The molecule has 0 spiro atoms. The van der Waals surface area contributed by atoms with E-state index >= 15 is 0 Å². The second kappa shape index (κ2) is 6.41. The lowest BCUT2D eigenvalue weighted by molar-refractivity contribution is -0.135. The van der Waals surface area contributed by atoms with Crippen molar-refractivity contribution in [2.45, 2.75) is 25.7 Å². The van der Waals surface area contributed by atoms with Crippen LogP contribution < -0.4 is 0 Å². The molecule has 0 N–H and O–H groups in total. The Kier molecular flexibility index (Phi) is 4.86. The van der Waals surface area contributed by atoms with Gasteiger partial charge >= 0.3 is 0 Å². The van der Waals surface area contributed by atoms with Crippen molar-refractivity contribution in [3.63, 3.8) is 0 Å². The van der Waals surface area contributed by atoms with Gasteiger partial charge in [-0.1, -0.05) is 17.7 Å². The van der Waals surface area contributed by atoms with Gasteiger partial charge in [0.05, 0.1) is 0 Å². The van der Waals surface area contributed by atoms with E-state index in [9.17, 15) is 4.79 Å². The highest BCUT2D eigenvalue weighted by atomic mass is 35.5. The van der Waals surface area contributed by atoms with E-state index in [-0.39, 0.29) is 5.92 Å². The molecule has 0 unspecified atom stereocenters. The van der Waals surface area contributed by atoms with Gasteiger partial charge < -0.3 is 4.90 Å². The number of nitrogens with zero attached hydrogens (tertiary/aromatic N) is 2. The van der Waals surface area contributed by atoms with Crippen molar-refractivity contribution in [1.82, 2.24) is 9.80 Å². The van der Waals surface area contributed by atoms with Crippen LogP contribution in [0.4, 0.5) is 0 Å². The molecular formula is C13H21ClN2O. The monoisotopic (exact) mass is 256 g/mol. The largest absolute Gasteiger partial charge is 0.342 e. The molecule has 0 aromatic carbocycles. The van der Waals surface area contributed by atoms with E-state index in [1.807, 2.05) is 6.08 Å². The number of amides is 1. The van der Waals surface area contributed by atoms with Gasteiger partial charge in [-0.25, -0.2) is 0 Å². The Morgan fingerprint density at radius 2 is 1.82 bits per heavy atom. The zero-order valence-corrected chi connectivity index (χ0v) is 11.0. The van der Waals surface area contributed by atoms with Gasteiger partial charge in [0.15, 0.2) is 0 Å². The van der Waals surface area contributed by atoms with Crippen molar-refractivity contribution in [3.8, 4) is 0 Å². The second-order valence-corrected chi connectivity index (χ2v) is 5.22. The molecule has 17 heavy (non-hydrogen) atoms. The van der Waals surface area contributed by atoms with Crippen molar-refractivity contribution >= 4 is 17.5 Å². The highest BCUT2D eigenvalue weighted by Gasteiger charge is 2.29. The maximum Gasteiger partial charge on any atom is 0.225 e. The van der Waals surface area contributed by atoms with Crippen LogP contribution in [0.25, 0.3) is 0 Å². The van der Waals surface area contributed by atoms with E-state index in [1.165, 1.54) is 12.8 Å². The summed E-state index contributed by atoms with van der Waals surface area (Å²) in [5.41, 5.74) is 1.57. The standard InChI is InChI=1S/C13H21ClN2O/c14-6-3-7-15-10-4-12(5-11-15)13(17)16-8-1-2-9-16/h3,6,12H,1-2,4-5,7-11H2/b6-3+. The predicted octanol–water partition coefficient (Wildman–Crippen LogP) is 2.07. The Morgan fingerprint density at radius 3 is 2.41 bits per heavy atom. The van der Waals surface area contributed by atoms with Gasteiger partial charge in [0.25, 0.3) is 0 Å². The molecular weight excluding hydrogens is 236 g/mol. The quantitative estimate of drug-likeness (QED) is 0.772. The zero-order chi connectivity index (χ0) is 12.1. The molecule has 0 aliphatic carbocycles. The molecule has 96 valence electrons. The summed E-state index contributed by atoms with van der Waals surface area (Å²) in [6, 6.07) is 0. The Morgan fingerprint density at radius 1 is 1.18 bits per heavy atom. The summed E-state index contributed by atoms with van der Waals surface area (Å²) in [5, 5.41) is 0. The normalized spacial score (nSPS) is 23.7. The number of rotatable bonds is 3. The lowest BCUT2D eigenvalue weighted by atomic mass is 9.95. The second-order valence-electron chi connectivity index (χ2n) is 4.97. The van der Waals surface area contributed by atoms with E-state index < -0.39 is 0 Å². The van der Waals surface area contributed by atoms with Crippen LogP contribution in [-0.4, -0.2) is 48.4 Å². The number of carbonyl (C=O) groups excluding carboxylic acids is 1. The molecule has 0 atom stereocenters. The van der Waals surface area contributed by atoms with Crippen molar-refractivity contribution in [3.05, 3.63) is 11.6 Å². The van der Waals surface area contributed by atoms with Crippen LogP contribution in [-0.2, 0) is 4.79 Å². The first-order valence-electron chi connectivity index (χ1n) is 6.57. The minimum absolute atomic E-state index is 0.268. The molecule has 2 saturated heterocycles. The van der Waals surface area contributed by atoms with Crippen LogP contribution in [0.2, 0.25) is 0 Å². The SMILES string of the molecule is O=C(C1CCN(C/C=C/Cl)CC1)N1CCCC1. The van der Waals surface area contributed by atoms with Crippen LogP contribution in [0, 0.1) is 5.92 Å². The smallest absolute Gasteiger partial charge is 0.225 e. The first-order valence-corrected chi connectivity index (χ1v) is 7.01. The summed E-state index contributed by atoms with van der Waals surface area (Å²) in [5.74, 6) is 0.666. The third kappa shape index (κ3) is 3.46. The summed E-state index contributed by atoms with van der Waals surface area (Å²) >= 11 is 5.52. The van der Waals surface area contributed by atoms with Crippen LogP contribution in [0.1, 0.15) is 25.7 Å². The minimum atomic E-state index is 0.268. The van der Waals surface area contributed by atoms with E-state index in [0.717, 1.165) is 45.6 Å². The van der Waals surface area contributed by atoms with Gasteiger partial charge in [0.2, 0.25) is 5.91 Å². The van der Waals surface area contributed by atoms with E-state index in [4.69, 9.17) is 11.6 Å². The van der Waals surface area contributed by atoms with E-state index in [2.05, 4.69) is 9.80 Å². The topological polar surface area (TPSA) is 23.6 Å². The summed E-state index contributed by atoms with van der Waals surface area (Å²) in [6.07, 6.45) is 6.34. The van der Waals surface area contributed by atoms with E-state index in [0.29, 0.717) is 5.91 Å². The Labute approximate surface area is 108 Å². The maximum absolute atomic E-state index is 12.2. The number of likely N-dealkylation sites (tertiary alicyclic amines) is 2. The van der Waals surface area contributed by atoms with Gasteiger partial charge in [-0.2, -0.15) is 0 Å². The fourth-order valence-corrected chi connectivity index (χ4v) is 2.83. The van der Waals surface area contributed by atoms with Crippen LogP contribution in [0.3, 0.4) is 0 Å². The fraction of sp³-hybridized carbons (Fsp3) is 0.769. The first-order chi connectivity index (χ1) is 8.31. The summed E-state index contributed by atoms with van der Waals surface area (Å²) in [4.78, 5) is 16.6. The van der Waals surface area contributed by atoms with Crippen molar-refractivity contribution < 1.29 is 4.79 Å². The predicted molar refractivity (Wildman–Crippen MR) is 70.0 cm³/mol. The molecule has 0 saturated carbocycles. The zero-order valence-electron chi connectivity index (χ0n) is 10.3. The molecule has 2 fully saturated rings. The van der Waals surface area contributed by atoms with Gasteiger partial charge in [-0.15, -0.1) is 0 Å². The summed E-state index contributed by atoms with van der Waals surface area (Å²) in [7, 11) is 0. The number of halogens is 1. The third-order valence-electron chi connectivity index (χ3n) is 3.81. The number of hydrogen-bond donors (Lipinski definition) is 0. The molecule has 1 amide bonds. The molecule has 0 aromatic heterocycles. The van der Waals surface area contributed by atoms with Gasteiger partial charge in [0, 0.05) is 31.1 Å². The average Bonchev–Trinajstić information content (AvgIpc) is 2.90. The maximum atomic E-state index is 12.2. The third-order valence-corrected chi connectivity index (χ3v) is 3.99. The Hall–Kier alpha value is -0.540. The van der Waals surface area contributed by atoms with Crippen molar-refractivity contribution in [2.75, 3.05) is 32.7 Å². The Balaban J connectivity index is 1.76. The molecule has 2 heterocycles. The minimum Gasteiger partial charge on any atom is -0.342 e. The molecule has 0 aromatic rings. The summed E-state index contributed by atoms with van der Waals surface area (Å²) < 4.78 is 0. The molecule has 4 heteroatoms. The summed E-state index contributed by atoms with van der Waals surface area (Å²) in [6.45, 7) is 4.91. The van der Waals surface area contributed by atoms with Gasteiger partial charge in [-0.05, 0) is 38.8 Å². The molecule has 2 aliphatic rings. The van der Waals surface area contributed by atoms with Crippen molar-refractivity contribution in [2.24, 2.45) is 5.92 Å². The van der Waals surface area contributed by atoms with Crippen molar-refractivity contribution in [1.29, 1.82) is 0 Å². The number of carbonyl (C=O) groups is 1. The Bertz CT molecular complexity index is 279. The van der Waals surface area contributed by atoms with Crippen LogP contribution in [0.15, 0.2) is 11.6 Å². The average molecular weight is 257 g/mol. The molecule has 2 aliphatic heterocycles. The number of piperidine rings is 1.